The molecule has 0 spiro atoms. The van der Waals surface area contributed by atoms with Crippen molar-refractivity contribution in [2.75, 3.05) is 26.2 Å². The van der Waals surface area contributed by atoms with Crippen LogP contribution in [0.2, 0.25) is 0 Å². The van der Waals surface area contributed by atoms with E-state index < -0.39 is 0 Å². The molecule has 1 aromatic carbocycles. The van der Waals surface area contributed by atoms with Crippen molar-refractivity contribution in [1.29, 1.82) is 0 Å². The molecule has 1 fully saturated rings. The SMILES string of the molecule is CC[C@@H](c1cc(C)cc(C)c1)N1CCNCC1.Cl.Cl. The predicted molar refractivity (Wildman–Crippen MR) is 87.9 cm³/mol. The number of hydrogen-bond donors (Lipinski definition) is 1. The maximum atomic E-state index is 3.43. The van der Waals surface area contributed by atoms with E-state index in [2.05, 4.69) is 49.2 Å². The highest BCUT2D eigenvalue weighted by molar-refractivity contribution is 5.85. The summed E-state index contributed by atoms with van der Waals surface area (Å²) >= 11 is 0. The second kappa shape index (κ2) is 8.80. The van der Waals surface area contributed by atoms with Crippen molar-refractivity contribution in [3.8, 4) is 0 Å². The molecule has 0 bridgehead atoms. The zero-order valence-corrected chi connectivity index (χ0v) is 13.7. The molecule has 0 aliphatic carbocycles. The summed E-state index contributed by atoms with van der Waals surface area (Å²) in [7, 11) is 0. The van der Waals surface area contributed by atoms with Crippen LogP contribution in [-0.2, 0) is 0 Å². The lowest BCUT2D eigenvalue weighted by Crippen LogP contribution is -2.45. The van der Waals surface area contributed by atoms with E-state index >= 15 is 0 Å². The largest absolute Gasteiger partial charge is 0.314 e. The van der Waals surface area contributed by atoms with Gasteiger partial charge in [-0.25, -0.2) is 0 Å². The lowest BCUT2D eigenvalue weighted by atomic mass is 9.98. The summed E-state index contributed by atoms with van der Waals surface area (Å²) in [5, 5.41) is 3.43. The summed E-state index contributed by atoms with van der Waals surface area (Å²) in [6.45, 7) is 11.3. The molecule has 1 aromatic rings. The Labute approximate surface area is 129 Å². The summed E-state index contributed by atoms with van der Waals surface area (Å²) in [5.41, 5.74) is 4.26. The molecule has 0 radical (unpaired) electrons. The number of halogens is 2. The first-order valence-electron chi connectivity index (χ1n) is 6.73. The van der Waals surface area contributed by atoms with E-state index in [0.29, 0.717) is 6.04 Å². The maximum Gasteiger partial charge on any atom is 0.0346 e. The normalized spacial score (nSPS) is 17.2. The topological polar surface area (TPSA) is 15.3 Å². The average Bonchev–Trinajstić information content (AvgIpc) is 2.30. The van der Waals surface area contributed by atoms with Gasteiger partial charge in [0.2, 0.25) is 0 Å². The van der Waals surface area contributed by atoms with Crippen LogP contribution >= 0.6 is 24.8 Å². The van der Waals surface area contributed by atoms with E-state index in [1.807, 2.05) is 0 Å². The maximum absolute atomic E-state index is 3.43. The van der Waals surface area contributed by atoms with Crippen LogP contribution in [0.25, 0.3) is 0 Å². The Hall–Kier alpha value is -0.280. The molecule has 1 N–H and O–H groups in total. The Kier molecular flexibility index (Phi) is 8.67. The molecule has 0 saturated carbocycles. The highest BCUT2D eigenvalue weighted by atomic mass is 35.5. The van der Waals surface area contributed by atoms with E-state index in [9.17, 15) is 0 Å². The first kappa shape index (κ1) is 18.7. The van der Waals surface area contributed by atoms with Crippen LogP contribution in [0.1, 0.15) is 36.1 Å². The quantitative estimate of drug-likeness (QED) is 0.919. The van der Waals surface area contributed by atoms with Crippen LogP contribution in [0.5, 0.6) is 0 Å². The van der Waals surface area contributed by atoms with E-state index in [4.69, 9.17) is 0 Å². The van der Waals surface area contributed by atoms with Crippen molar-refractivity contribution in [2.24, 2.45) is 0 Å². The Balaban J connectivity index is 0.00000162. The second-order valence-electron chi connectivity index (χ2n) is 5.13. The van der Waals surface area contributed by atoms with Crippen LogP contribution in [0.4, 0.5) is 0 Å². The molecule has 4 heteroatoms. The Bertz CT molecular complexity index is 356. The lowest BCUT2D eigenvalue weighted by molar-refractivity contribution is 0.169. The molecule has 2 nitrogen and oxygen atoms in total. The fourth-order valence-corrected chi connectivity index (χ4v) is 2.90. The molecule has 0 aromatic heterocycles. The average molecular weight is 305 g/mol. The van der Waals surface area contributed by atoms with Crippen LogP contribution in [0.3, 0.4) is 0 Å². The van der Waals surface area contributed by atoms with E-state index in [0.717, 1.165) is 13.1 Å². The van der Waals surface area contributed by atoms with Gasteiger partial charge in [0.15, 0.2) is 0 Å². The number of nitrogens with one attached hydrogen (secondary N) is 1. The highest BCUT2D eigenvalue weighted by Crippen LogP contribution is 2.26. The van der Waals surface area contributed by atoms with Crippen LogP contribution in [0.15, 0.2) is 18.2 Å². The van der Waals surface area contributed by atoms with Crippen LogP contribution in [0, 0.1) is 13.8 Å². The minimum absolute atomic E-state index is 0. The summed E-state index contributed by atoms with van der Waals surface area (Å²) in [6, 6.07) is 7.55. The minimum atomic E-state index is 0. The molecular weight excluding hydrogens is 279 g/mol. The molecular formula is C15H26Cl2N2. The summed E-state index contributed by atoms with van der Waals surface area (Å²) in [6.07, 6.45) is 1.20. The van der Waals surface area contributed by atoms with E-state index in [-0.39, 0.29) is 24.8 Å². The third-order valence-electron chi connectivity index (χ3n) is 3.61. The molecule has 0 amide bonds. The van der Waals surface area contributed by atoms with Crippen molar-refractivity contribution in [3.05, 3.63) is 34.9 Å². The van der Waals surface area contributed by atoms with Gasteiger partial charge in [-0.15, -0.1) is 24.8 Å². The number of aryl methyl sites for hydroxylation is 2. The number of piperazine rings is 1. The lowest BCUT2D eigenvalue weighted by Gasteiger charge is -2.35. The number of rotatable bonds is 3. The van der Waals surface area contributed by atoms with Gasteiger partial charge < -0.3 is 5.32 Å². The zero-order valence-electron chi connectivity index (χ0n) is 12.1. The van der Waals surface area contributed by atoms with Gasteiger partial charge in [0, 0.05) is 32.2 Å². The van der Waals surface area contributed by atoms with Crippen molar-refractivity contribution < 1.29 is 0 Å². The molecule has 1 atom stereocenters. The second-order valence-corrected chi connectivity index (χ2v) is 5.13. The third kappa shape index (κ3) is 4.96. The van der Waals surface area contributed by atoms with Gasteiger partial charge in [-0.3, -0.25) is 4.90 Å². The molecule has 2 rings (SSSR count). The van der Waals surface area contributed by atoms with Crippen molar-refractivity contribution in [2.45, 2.75) is 33.2 Å². The van der Waals surface area contributed by atoms with Gasteiger partial charge in [-0.1, -0.05) is 36.2 Å². The Morgan fingerprint density at radius 2 is 1.58 bits per heavy atom. The predicted octanol–water partition coefficient (Wildman–Crippen LogP) is 3.50. The van der Waals surface area contributed by atoms with Gasteiger partial charge in [-0.2, -0.15) is 0 Å². The summed E-state index contributed by atoms with van der Waals surface area (Å²) in [4.78, 5) is 2.62. The van der Waals surface area contributed by atoms with E-state index in [1.165, 1.54) is 36.2 Å². The van der Waals surface area contributed by atoms with Gasteiger partial charge in [0.1, 0.15) is 0 Å². The molecule has 1 aliphatic rings. The van der Waals surface area contributed by atoms with Gasteiger partial charge >= 0.3 is 0 Å². The number of benzene rings is 1. The molecule has 110 valence electrons. The van der Waals surface area contributed by atoms with Gasteiger partial charge in [0.25, 0.3) is 0 Å². The molecule has 1 saturated heterocycles. The van der Waals surface area contributed by atoms with Crippen molar-refractivity contribution in [3.63, 3.8) is 0 Å². The van der Waals surface area contributed by atoms with Gasteiger partial charge in [-0.05, 0) is 25.8 Å². The standard InChI is InChI=1S/C15H24N2.2ClH/c1-4-15(17-7-5-16-6-8-17)14-10-12(2)9-13(3)11-14;;/h9-11,15-16H,4-8H2,1-3H3;2*1H/t15-;;/m0../s1. The molecule has 1 heterocycles. The number of nitrogens with zero attached hydrogens (tertiary/aromatic N) is 1. The van der Waals surface area contributed by atoms with Gasteiger partial charge in [0.05, 0.1) is 0 Å². The Morgan fingerprint density at radius 1 is 1.05 bits per heavy atom. The first-order chi connectivity index (χ1) is 8.20. The summed E-state index contributed by atoms with van der Waals surface area (Å²) in [5.74, 6) is 0. The fourth-order valence-electron chi connectivity index (χ4n) is 2.90. The fraction of sp³-hybridized carbons (Fsp3) is 0.600. The zero-order chi connectivity index (χ0) is 12.3. The first-order valence-corrected chi connectivity index (χ1v) is 6.73. The van der Waals surface area contributed by atoms with Crippen molar-refractivity contribution in [1.82, 2.24) is 10.2 Å². The van der Waals surface area contributed by atoms with Crippen molar-refractivity contribution >= 4 is 24.8 Å². The minimum Gasteiger partial charge on any atom is -0.314 e. The molecule has 19 heavy (non-hydrogen) atoms. The highest BCUT2D eigenvalue weighted by Gasteiger charge is 2.20. The van der Waals surface area contributed by atoms with Crippen LogP contribution in [-0.4, -0.2) is 31.1 Å². The smallest absolute Gasteiger partial charge is 0.0346 e. The van der Waals surface area contributed by atoms with E-state index in [1.54, 1.807) is 0 Å². The monoisotopic (exact) mass is 304 g/mol. The van der Waals surface area contributed by atoms with Crippen LogP contribution < -0.4 is 5.32 Å². The number of hydrogen-bond acceptors (Lipinski definition) is 2. The molecule has 0 unspecified atom stereocenters. The Morgan fingerprint density at radius 3 is 2.05 bits per heavy atom. The molecule has 1 aliphatic heterocycles. The summed E-state index contributed by atoms with van der Waals surface area (Å²) < 4.78 is 0. The third-order valence-corrected chi connectivity index (χ3v) is 3.61.